The topological polar surface area (TPSA) is 70.7 Å². The number of aromatic amines is 1. The van der Waals surface area contributed by atoms with Crippen LogP contribution in [-0.4, -0.2) is 21.1 Å². The average Bonchev–Trinajstić information content (AvgIpc) is 2.89. The largest absolute Gasteiger partial charge is 0.295 e. The van der Waals surface area contributed by atoms with E-state index in [0.29, 0.717) is 27.5 Å². The van der Waals surface area contributed by atoms with E-state index < -0.39 is 0 Å². The second kappa shape index (κ2) is 6.17. The molecule has 0 aromatic carbocycles. The number of aryl methyl sites for hydroxylation is 1. The first-order valence-electron chi connectivity index (χ1n) is 5.24. The molecule has 96 valence electrons. The zero-order valence-corrected chi connectivity index (χ0v) is 11.6. The number of thiophene rings is 1. The average molecular weight is 305 g/mol. The maximum Gasteiger partial charge on any atom is 0.226 e. The normalized spacial score (nSPS) is 10.6. The molecule has 2 aromatic rings. The third-order valence-electron chi connectivity index (χ3n) is 2.25. The van der Waals surface area contributed by atoms with Crippen molar-refractivity contribution < 1.29 is 4.79 Å². The third-order valence-corrected chi connectivity index (χ3v) is 3.82. The molecular weight excluding hydrogens is 295 g/mol. The van der Waals surface area contributed by atoms with Gasteiger partial charge < -0.3 is 0 Å². The number of carbonyl (C=O) groups excluding carboxylic acids is 1. The Bertz CT molecular complexity index is 526. The summed E-state index contributed by atoms with van der Waals surface area (Å²) < 4.78 is 1.36. The first-order valence-corrected chi connectivity index (χ1v) is 6.81. The van der Waals surface area contributed by atoms with Crippen molar-refractivity contribution in [3.8, 4) is 0 Å². The van der Waals surface area contributed by atoms with E-state index in [1.165, 1.54) is 17.7 Å². The maximum atomic E-state index is 11.5. The quantitative estimate of drug-likeness (QED) is 0.891. The van der Waals surface area contributed by atoms with Crippen LogP contribution in [0.5, 0.6) is 0 Å². The second-order valence-corrected chi connectivity index (χ2v) is 5.87. The molecule has 0 aliphatic rings. The van der Waals surface area contributed by atoms with Crippen LogP contribution in [0.1, 0.15) is 18.4 Å². The molecule has 0 saturated carbocycles. The number of H-pyrrole nitrogens is 1. The SMILES string of the molecule is O=C(CCCc1cc(Cl)sc1Cl)Nc1ncn[nH]1. The van der Waals surface area contributed by atoms with Crippen LogP contribution >= 0.6 is 34.5 Å². The van der Waals surface area contributed by atoms with Gasteiger partial charge in [0.2, 0.25) is 11.9 Å². The number of amides is 1. The van der Waals surface area contributed by atoms with Gasteiger partial charge in [0.15, 0.2) is 0 Å². The van der Waals surface area contributed by atoms with Crippen LogP contribution in [0.3, 0.4) is 0 Å². The molecule has 0 aliphatic carbocycles. The summed E-state index contributed by atoms with van der Waals surface area (Å²) >= 11 is 13.2. The van der Waals surface area contributed by atoms with Crippen molar-refractivity contribution in [2.75, 3.05) is 5.32 Å². The predicted molar refractivity (Wildman–Crippen MR) is 72.3 cm³/mol. The van der Waals surface area contributed by atoms with Gasteiger partial charge in [-0.15, -0.1) is 11.3 Å². The fourth-order valence-corrected chi connectivity index (χ4v) is 2.99. The predicted octanol–water partition coefficient (Wildman–Crippen LogP) is 3.13. The van der Waals surface area contributed by atoms with Gasteiger partial charge in [0.25, 0.3) is 0 Å². The summed E-state index contributed by atoms with van der Waals surface area (Å²) in [4.78, 5) is 15.3. The van der Waals surface area contributed by atoms with Gasteiger partial charge >= 0.3 is 0 Å². The van der Waals surface area contributed by atoms with Crippen molar-refractivity contribution >= 4 is 46.4 Å². The van der Waals surface area contributed by atoms with Crippen LogP contribution in [0.25, 0.3) is 0 Å². The van der Waals surface area contributed by atoms with Crippen LogP contribution in [0, 0.1) is 0 Å². The van der Waals surface area contributed by atoms with E-state index in [9.17, 15) is 4.79 Å². The van der Waals surface area contributed by atoms with Gasteiger partial charge in [-0.05, 0) is 24.5 Å². The van der Waals surface area contributed by atoms with Gasteiger partial charge in [0.1, 0.15) is 6.33 Å². The molecule has 1 amide bonds. The van der Waals surface area contributed by atoms with E-state index in [1.54, 1.807) is 0 Å². The van der Waals surface area contributed by atoms with Crippen molar-refractivity contribution in [3.63, 3.8) is 0 Å². The summed E-state index contributed by atoms with van der Waals surface area (Å²) in [6.45, 7) is 0. The summed E-state index contributed by atoms with van der Waals surface area (Å²) in [6.07, 6.45) is 3.16. The summed E-state index contributed by atoms with van der Waals surface area (Å²) in [5.74, 6) is 0.251. The number of halogens is 2. The van der Waals surface area contributed by atoms with Gasteiger partial charge in [-0.3, -0.25) is 10.1 Å². The highest BCUT2D eigenvalue weighted by molar-refractivity contribution is 7.20. The second-order valence-electron chi connectivity index (χ2n) is 3.59. The van der Waals surface area contributed by atoms with Crippen LogP contribution in [0.4, 0.5) is 5.95 Å². The highest BCUT2D eigenvalue weighted by atomic mass is 35.5. The highest BCUT2D eigenvalue weighted by Crippen LogP contribution is 2.31. The molecular formula is C10H10Cl2N4OS. The molecule has 0 atom stereocenters. The molecule has 0 unspecified atom stereocenters. The lowest BCUT2D eigenvalue weighted by molar-refractivity contribution is -0.116. The van der Waals surface area contributed by atoms with Crippen molar-refractivity contribution in [1.29, 1.82) is 0 Å². The number of rotatable bonds is 5. The molecule has 0 fully saturated rings. The van der Waals surface area contributed by atoms with Gasteiger partial charge in [-0.1, -0.05) is 23.2 Å². The minimum Gasteiger partial charge on any atom is -0.295 e. The molecule has 0 aliphatic heterocycles. The summed E-state index contributed by atoms with van der Waals surface area (Å²) in [7, 11) is 0. The molecule has 0 spiro atoms. The van der Waals surface area contributed by atoms with Crippen LogP contribution in [0.15, 0.2) is 12.4 Å². The first kappa shape index (κ1) is 13.3. The molecule has 5 nitrogen and oxygen atoms in total. The Morgan fingerprint density at radius 1 is 1.50 bits per heavy atom. The Morgan fingerprint density at radius 3 is 2.94 bits per heavy atom. The van der Waals surface area contributed by atoms with E-state index in [4.69, 9.17) is 23.2 Å². The fraction of sp³-hybridized carbons (Fsp3) is 0.300. The van der Waals surface area contributed by atoms with Crippen LogP contribution < -0.4 is 5.32 Å². The molecule has 2 rings (SSSR count). The van der Waals surface area contributed by atoms with Crippen LogP contribution in [-0.2, 0) is 11.2 Å². The number of hydrogen-bond donors (Lipinski definition) is 2. The van der Waals surface area contributed by atoms with E-state index in [1.807, 2.05) is 6.07 Å². The standard InChI is InChI=1S/C10H10Cl2N4OS/c11-7-4-6(9(12)18-7)2-1-3-8(17)15-10-13-5-14-16-10/h4-5H,1-3H2,(H2,13,14,15,16,17). The van der Waals surface area contributed by atoms with E-state index in [0.717, 1.165) is 12.0 Å². The zero-order chi connectivity index (χ0) is 13.0. The van der Waals surface area contributed by atoms with Gasteiger partial charge in [-0.2, -0.15) is 10.1 Å². The highest BCUT2D eigenvalue weighted by Gasteiger charge is 2.08. The molecule has 0 saturated heterocycles. The lowest BCUT2D eigenvalue weighted by Crippen LogP contribution is -2.12. The van der Waals surface area contributed by atoms with Gasteiger partial charge in [-0.25, -0.2) is 5.10 Å². The number of hydrogen-bond acceptors (Lipinski definition) is 4. The Kier molecular flexibility index (Phi) is 4.57. The summed E-state index contributed by atoms with van der Waals surface area (Å²) in [5.41, 5.74) is 0.985. The summed E-state index contributed by atoms with van der Waals surface area (Å²) in [6, 6.07) is 1.84. The molecule has 2 aromatic heterocycles. The number of carbonyl (C=O) groups is 1. The number of anilines is 1. The monoisotopic (exact) mass is 304 g/mol. The first-order chi connectivity index (χ1) is 8.65. The van der Waals surface area contributed by atoms with Crippen molar-refractivity contribution in [2.24, 2.45) is 0 Å². The number of nitrogens with zero attached hydrogens (tertiary/aromatic N) is 2. The fourth-order valence-electron chi connectivity index (χ4n) is 1.44. The van der Waals surface area contributed by atoms with Gasteiger partial charge in [0.05, 0.1) is 8.67 Å². The molecule has 8 heteroatoms. The van der Waals surface area contributed by atoms with Crippen molar-refractivity contribution in [1.82, 2.24) is 15.2 Å². The van der Waals surface area contributed by atoms with Gasteiger partial charge in [0, 0.05) is 6.42 Å². The molecule has 0 radical (unpaired) electrons. The minimum atomic E-state index is -0.107. The van der Waals surface area contributed by atoms with E-state index in [-0.39, 0.29) is 5.91 Å². The Morgan fingerprint density at radius 2 is 2.33 bits per heavy atom. The van der Waals surface area contributed by atoms with E-state index in [2.05, 4.69) is 20.5 Å². The maximum absolute atomic E-state index is 11.5. The zero-order valence-electron chi connectivity index (χ0n) is 9.24. The van der Waals surface area contributed by atoms with Crippen molar-refractivity contribution in [2.45, 2.75) is 19.3 Å². The lowest BCUT2D eigenvalue weighted by atomic mass is 10.1. The number of aromatic nitrogens is 3. The van der Waals surface area contributed by atoms with E-state index >= 15 is 0 Å². The molecule has 2 heterocycles. The minimum absolute atomic E-state index is 0.107. The van der Waals surface area contributed by atoms with Crippen LogP contribution in [0.2, 0.25) is 8.67 Å². The molecule has 2 N–H and O–H groups in total. The third kappa shape index (κ3) is 3.69. The van der Waals surface area contributed by atoms with Crippen molar-refractivity contribution in [3.05, 3.63) is 26.6 Å². The summed E-state index contributed by atoms with van der Waals surface area (Å²) in [5, 5.41) is 8.80. The Balaban J connectivity index is 1.75. The Labute approximate surface area is 118 Å². The number of nitrogens with one attached hydrogen (secondary N) is 2. The molecule has 0 bridgehead atoms. The molecule has 18 heavy (non-hydrogen) atoms. The Hall–Kier alpha value is -1.11. The lowest BCUT2D eigenvalue weighted by Gasteiger charge is -2.01. The smallest absolute Gasteiger partial charge is 0.226 e.